The average Bonchev–Trinajstić information content (AvgIpc) is 2.51. The molecule has 0 saturated heterocycles. The Morgan fingerprint density at radius 2 is 1.64 bits per heavy atom. The van der Waals surface area contributed by atoms with E-state index >= 15 is 0 Å². The van der Waals surface area contributed by atoms with Gasteiger partial charge in [-0.25, -0.2) is 9.82 Å². The van der Waals surface area contributed by atoms with Crippen molar-refractivity contribution in [3.63, 3.8) is 0 Å². The summed E-state index contributed by atoms with van der Waals surface area (Å²) < 4.78 is 13.8. The molecule has 0 saturated carbocycles. The van der Waals surface area contributed by atoms with Crippen LogP contribution in [0, 0.1) is 9.39 Å². The Balaban J connectivity index is 1.87. The van der Waals surface area contributed by atoms with Crippen LogP contribution in [-0.4, -0.2) is 18.0 Å². The maximum atomic E-state index is 12.7. The fourth-order valence-corrected chi connectivity index (χ4v) is 1.85. The molecule has 0 atom stereocenters. The molecule has 2 aromatic rings. The van der Waals surface area contributed by atoms with Crippen molar-refractivity contribution in [2.24, 2.45) is 5.10 Å². The average molecular weight is 411 g/mol. The second-order valence-electron chi connectivity index (χ2n) is 4.21. The fourth-order valence-electron chi connectivity index (χ4n) is 1.49. The molecule has 22 heavy (non-hydrogen) atoms. The van der Waals surface area contributed by atoms with Gasteiger partial charge in [0.25, 0.3) is 0 Å². The molecule has 2 rings (SSSR count). The molecule has 0 aliphatic carbocycles. The van der Waals surface area contributed by atoms with Crippen LogP contribution in [0.4, 0.5) is 10.1 Å². The lowest BCUT2D eigenvalue weighted by molar-refractivity contribution is -0.136. The molecule has 112 valence electrons. The summed E-state index contributed by atoms with van der Waals surface area (Å²) in [5.74, 6) is -2.22. The second-order valence-corrected chi connectivity index (χ2v) is 5.46. The molecule has 0 fully saturated rings. The predicted octanol–water partition coefficient (Wildman–Crippen LogP) is 2.52. The maximum absolute atomic E-state index is 12.7. The molecule has 0 bridgehead atoms. The number of nitrogens with one attached hydrogen (secondary N) is 2. The van der Waals surface area contributed by atoms with Crippen LogP contribution in [0.2, 0.25) is 0 Å². The Bertz CT molecular complexity index is 700. The van der Waals surface area contributed by atoms with Gasteiger partial charge in [-0.3, -0.25) is 9.59 Å². The maximum Gasteiger partial charge on any atom is 0.329 e. The van der Waals surface area contributed by atoms with Gasteiger partial charge in [-0.2, -0.15) is 5.10 Å². The van der Waals surface area contributed by atoms with Crippen LogP contribution in [0.25, 0.3) is 0 Å². The standard InChI is InChI=1S/C15H11FIN3O2/c16-11-3-7-13(8-4-11)19-14(21)15(22)20-18-9-10-1-5-12(17)6-2-10/h1-9H,(H,19,21)(H,20,22)/b18-9+. The van der Waals surface area contributed by atoms with E-state index in [-0.39, 0.29) is 0 Å². The summed E-state index contributed by atoms with van der Waals surface area (Å²) >= 11 is 2.18. The van der Waals surface area contributed by atoms with E-state index in [2.05, 4.69) is 38.4 Å². The first kappa shape index (κ1) is 16.1. The summed E-state index contributed by atoms with van der Waals surface area (Å²) in [6, 6.07) is 12.5. The largest absolute Gasteiger partial charge is 0.329 e. The van der Waals surface area contributed by atoms with Gasteiger partial charge >= 0.3 is 11.8 Å². The highest BCUT2D eigenvalue weighted by atomic mass is 127. The zero-order chi connectivity index (χ0) is 15.9. The number of rotatable bonds is 3. The van der Waals surface area contributed by atoms with E-state index in [4.69, 9.17) is 0 Å². The summed E-state index contributed by atoms with van der Waals surface area (Å²) in [5.41, 5.74) is 3.23. The smallest absolute Gasteiger partial charge is 0.318 e. The first-order chi connectivity index (χ1) is 10.5. The number of hydrazone groups is 1. The third-order valence-electron chi connectivity index (χ3n) is 2.56. The van der Waals surface area contributed by atoms with Crippen LogP contribution in [-0.2, 0) is 9.59 Å². The summed E-state index contributed by atoms with van der Waals surface area (Å²) in [4.78, 5) is 23.1. The number of carbonyl (C=O) groups is 2. The van der Waals surface area contributed by atoms with Crippen LogP contribution < -0.4 is 10.7 Å². The second kappa shape index (κ2) is 7.64. The molecule has 0 aliphatic rings. The van der Waals surface area contributed by atoms with E-state index in [0.29, 0.717) is 5.69 Å². The molecule has 5 nitrogen and oxygen atoms in total. The molecule has 2 amide bonds. The molecule has 0 spiro atoms. The van der Waals surface area contributed by atoms with Crippen molar-refractivity contribution in [3.05, 3.63) is 63.5 Å². The molecule has 7 heteroatoms. The monoisotopic (exact) mass is 411 g/mol. The van der Waals surface area contributed by atoms with E-state index in [9.17, 15) is 14.0 Å². The van der Waals surface area contributed by atoms with Gasteiger partial charge in [-0.1, -0.05) is 12.1 Å². The van der Waals surface area contributed by atoms with Crippen molar-refractivity contribution in [3.8, 4) is 0 Å². The van der Waals surface area contributed by atoms with E-state index in [1.54, 1.807) is 0 Å². The van der Waals surface area contributed by atoms with Gasteiger partial charge in [0.1, 0.15) is 5.82 Å². The zero-order valence-electron chi connectivity index (χ0n) is 11.2. The van der Waals surface area contributed by atoms with Crippen LogP contribution >= 0.6 is 22.6 Å². The number of amides is 2. The topological polar surface area (TPSA) is 70.6 Å². The van der Waals surface area contributed by atoms with Crippen LogP contribution in [0.3, 0.4) is 0 Å². The van der Waals surface area contributed by atoms with Crippen LogP contribution in [0.15, 0.2) is 53.6 Å². The molecule has 0 heterocycles. The molecule has 2 aromatic carbocycles. The van der Waals surface area contributed by atoms with Gasteiger partial charge in [-0.15, -0.1) is 0 Å². The van der Waals surface area contributed by atoms with Crippen molar-refractivity contribution >= 4 is 46.3 Å². The summed E-state index contributed by atoms with van der Waals surface area (Å²) in [5, 5.41) is 6.03. The normalized spacial score (nSPS) is 10.5. The number of benzene rings is 2. The Morgan fingerprint density at radius 1 is 1.00 bits per heavy atom. The zero-order valence-corrected chi connectivity index (χ0v) is 13.4. The molecular formula is C15H11FIN3O2. The third-order valence-corrected chi connectivity index (χ3v) is 3.28. The van der Waals surface area contributed by atoms with Gasteiger partial charge in [0.15, 0.2) is 0 Å². The predicted molar refractivity (Wildman–Crippen MR) is 89.9 cm³/mol. The van der Waals surface area contributed by atoms with E-state index in [1.807, 2.05) is 24.3 Å². The minimum Gasteiger partial charge on any atom is -0.318 e. The van der Waals surface area contributed by atoms with E-state index in [0.717, 1.165) is 9.13 Å². The third kappa shape index (κ3) is 4.92. The highest BCUT2D eigenvalue weighted by molar-refractivity contribution is 14.1. The van der Waals surface area contributed by atoms with Gasteiger partial charge in [0.05, 0.1) is 6.21 Å². The molecule has 0 radical (unpaired) electrons. The number of nitrogens with zero attached hydrogens (tertiary/aromatic N) is 1. The molecule has 2 N–H and O–H groups in total. The van der Waals surface area contributed by atoms with E-state index < -0.39 is 17.6 Å². The number of carbonyl (C=O) groups excluding carboxylic acids is 2. The number of hydrogen-bond acceptors (Lipinski definition) is 3. The van der Waals surface area contributed by atoms with Crippen molar-refractivity contribution < 1.29 is 14.0 Å². The van der Waals surface area contributed by atoms with Gasteiger partial charge < -0.3 is 5.32 Å². The lowest BCUT2D eigenvalue weighted by atomic mass is 10.2. The van der Waals surface area contributed by atoms with Crippen molar-refractivity contribution in [1.29, 1.82) is 0 Å². The van der Waals surface area contributed by atoms with E-state index in [1.165, 1.54) is 30.5 Å². The first-order valence-electron chi connectivity index (χ1n) is 6.20. The fraction of sp³-hybridized carbons (Fsp3) is 0. The minimum absolute atomic E-state index is 0.322. The van der Waals surface area contributed by atoms with Crippen LogP contribution in [0.1, 0.15) is 5.56 Å². The van der Waals surface area contributed by atoms with Gasteiger partial charge in [-0.05, 0) is 64.6 Å². The Morgan fingerprint density at radius 3 is 2.27 bits per heavy atom. The van der Waals surface area contributed by atoms with Gasteiger partial charge in [0.2, 0.25) is 0 Å². The minimum atomic E-state index is -0.911. The summed E-state index contributed by atoms with van der Waals surface area (Å²) in [6.07, 6.45) is 1.43. The van der Waals surface area contributed by atoms with Crippen LogP contribution in [0.5, 0.6) is 0 Å². The quantitative estimate of drug-likeness (QED) is 0.353. The highest BCUT2D eigenvalue weighted by Gasteiger charge is 2.12. The lowest BCUT2D eigenvalue weighted by Gasteiger charge is -2.03. The van der Waals surface area contributed by atoms with Gasteiger partial charge in [0, 0.05) is 9.26 Å². The summed E-state index contributed by atoms with van der Waals surface area (Å²) in [7, 11) is 0. The first-order valence-corrected chi connectivity index (χ1v) is 7.28. The highest BCUT2D eigenvalue weighted by Crippen LogP contribution is 2.08. The summed E-state index contributed by atoms with van der Waals surface area (Å²) in [6.45, 7) is 0. The Labute approximate surface area is 139 Å². The SMILES string of the molecule is O=C(N/N=C/c1ccc(I)cc1)C(=O)Nc1ccc(F)cc1. The Kier molecular flexibility index (Phi) is 5.59. The Hall–Kier alpha value is -2.29. The van der Waals surface area contributed by atoms with Crippen molar-refractivity contribution in [2.75, 3.05) is 5.32 Å². The molecule has 0 unspecified atom stereocenters. The number of halogens is 2. The number of hydrogen-bond donors (Lipinski definition) is 2. The molecule has 0 aromatic heterocycles. The molecular weight excluding hydrogens is 400 g/mol. The lowest BCUT2D eigenvalue weighted by Crippen LogP contribution is -2.32. The van der Waals surface area contributed by atoms with Crippen molar-refractivity contribution in [1.82, 2.24) is 5.43 Å². The number of anilines is 1. The molecule has 0 aliphatic heterocycles. The van der Waals surface area contributed by atoms with Crippen molar-refractivity contribution in [2.45, 2.75) is 0 Å².